The Labute approximate surface area is 216 Å². The van der Waals surface area contributed by atoms with Crippen molar-refractivity contribution in [2.24, 2.45) is 5.92 Å². The number of nitrogens with one attached hydrogen (secondary N) is 1. The quantitative estimate of drug-likeness (QED) is 0.367. The summed E-state index contributed by atoms with van der Waals surface area (Å²) in [5.74, 6) is 1.07. The molecule has 8 nitrogen and oxygen atoms in total. The van der Waals surface area contributed by atoms with Gasteiger partial charge in [-0.3, -0.25) is 4.79 Å². The van der Waals surface area contributed by atoms with Crippen LogP contribution in [-0.2, 0) is 10.8 Å². The van der Waals surface area contributed by atoms with E-state index in [9.17, 15) is 4.79 Å². The second-order valence-electron chi connectivity index (χ2n) is 10.4. The number of aromatic nitrogens is 2. The SMILES string of the molecule is COc1nc(Cl)nc(OC)c1NC(=O)c1ccc(Oc2cc3c(cc2C)C(C)(C)C(C)CC3(C)C)o1. The number of fused-ring (bicyclic) bond motifs is 1. The van der Waals surface area contributed by atoms with Gasteiger partial charge in [0.15, 0.2) is 11.4 Å². The number of amides is 1. The molecule has 9 heteroatoms. The van der Waals surface area contributed by atoms with E-state index >= 15 is 0 Å². The molecular formula is C27H32ClN3O5. The van der Waals surface area contributed by atoms with E-state index in [1.54, 1.807) is 6.07 Å². The van der Waals surface area contributed by atoms with Crippen LogP contribution in [0.15, 0.2) is 28.7 Å². The molecule has 0 saturated carbocycles. The molecule has 2 aromatic heterocycles. The van der Waals surface area contributed by atoms with Crippen LogP contribution in [0, 0.1) is 12.8 Å². The van der Waals surface area contributed by atoms with Crippen molar-refractivity contribution >= 4 is 23.2 Å². The largest absolute Gasteiger partial charge is 0.479 e. The van der Waals surface area contributed by atoms with Crippen LogP contribution in [0.3, 0.4) is 0 Å². The highest BCUT2D eigenvalue weighted by atomic mass is 35.5. The molecule has 3 aromatic rings. The second-order valence-corrected chi connectivity index (χ2v) is 10.8. The van der Waals surface area contributed by atoms with Crippen LogP contribution in [0.5, 0.6) is 23.5 Å². The molecule has 2 heterocycles. The number of hydrogen-bond donors (Lipinski definition) is 1. The summed E-state index contributed by atoms with van der Waals surface area (Å²) >= 11 is 5.88. The van der Waals surface area contributed by atoms with E-state index in [1.807, 2.05) is 6.92 Å². The van der Waals surface area contributed by atoms with E-state index < -0.39 is 5.91 Å². The second kappa shape index (κ2) is 9.32. The van der Waals surface area contributed by atoms with Gasteiger partial charge in [-0.1, -0.05) is 40.7 Å². The fourth-order valence-corrected chi connectivity index (χ4v) is 5.02. The Kier molecular flexibility index (Phi) is 6.68. The third-order valence-electron chi connectivity index (χ3n) is 7.24. The summed E-state index contributed by atoms with van der Waals surface area (Å²) < 4.78 is 22.2. The first kappa shape index (κ1) is 25.8. The van der Waals surface area contributed by atoms with E-state index in [4.69, 9.17) is 30.2 Å². The number of halogens is 1. The fourth-order valence-electron chi connectivity index (χ4n) is 4.87. The van der Waals surface area contributed by atoms with Gasteiger partial charge in [-0.25, -0.2) is 0 Å². The Morgan fingerprint density at radius 1 is 1.08 bits per heavy atom. The number of anilines is 1. The van der Waals surface area contributed by atoms with Gasteiger partial charge in [0.05, 0.1) is 14.2 Å². The van der Waals surface area contributed by atoms with Crippen LogP contribution >= 0.6 is 11.6 Å². The van der Waals surface area contributed by atoms with Gasteiger partial charge in [-0.15, -0.1) is 0 Å². The lowest BCUT2D eigenvalue weighted by molar-refractivity contribution is 0.0990. The molecular weight excluding hydrogens is 482 g/mol. The van der Waals surface area contributed by atoms with Crippen LogP contribution in [0.25, 0.3) is 0 Å². The number of hydrogen-bond acceptors (Lipinski definition) is 7. The standard InChI is InChI=1S/C27H32ClN3O5/c1-14-11-17-16(26(3,4)13-15(2)27(17,5)6)12-19(14)36-20-10-9-18(35-20)22(32)29-21-23(33-7)30-25(28)31-24(21)34-8/h9-12,15H,13H2,1-8H3,(H,29,32). The van der Waals surface area contributed by atoms with Gasteiger partial charge >= 0.3 is 0 Å². The topological polar surface area (TPSA) is 95.7 Å². The van der Waals surface area contributed by atoms with Crippen molar-refractivity contribution in [3.63, 3.8) is 0 Å². The third kappa shape index (κ3) is 4.62. The molecule has 4 rings (SSSR count). The molecule has 0 radical (unpaired) electrons. The highest BCUT2D eigenvalue weighted by Gasteiger charge is 2.42. The normalized spacial score (nSPS) is 17.8. The molecule has 1 aliphatic carbocycles. The third-order valence-corrected chi connectivity index (χ3v) is 7.41. The van der Waals surface area contributed by atoms with Gasteiger partial charge < -0.3 is 23.9 Å². The summed E-state index contributed by atoms with van der Waals surface area (Å²) in [6.07, 6.45) is 1.09. The lowest BCUT2D eigenvalue weighted by Gasteiger charge is -2.46. The summed E-state index contributed by atoms with van der Waals surface area (Å²) in [5.41, 5.74) is 3.85. The average molecular weight is 514 g/mol. The minimum Gasteiger partial charge on any atom is -0.479 e. The summed E-state index contributed by atoms with van der Waals surface area (Å²) in [5, 5.41) is 2.58. The van der Waals surface area contributed by atoms with Crippen molar-refractivity contribution in [2.75, 3.05) is 19.5 Å². The number of carbonyl (C=O) groups excluding carboxylic acids is 1. The van der Waals surface area contributed by atoms with Gasteiger partial charge in [-0.05, 0) is 70.5 Å². The summed E-state index contributed by atoms with van der Waals surface area (Å²) in [7, 11) is 2.80. The van der Waals surface area contributed by atoms with Gasteiger partial charge in [0.2, 0.25) is 17.0 Å². The average Bonchev–Trinajstić information content (AvgIpc) is 3.28. The Morgan fingerprint density at radius 2 is 1.72 bits per heavy atom. The fraction of sp³-hybridized carbons (Fsp3) is 0.444. The monoisotopic (exact) mass is 513 g/mol. The predicted molar refractivity (Wildman–Crippen MR) is 138 cm³/mol. The number of carbonyl (C=O) groups is 1. The lowest BCUT2D eigenvalue weighted by atomic mass is 9.58. The molecule has 0 spiro atoms. The molecule has 36 heavy (non-hydrogen) atoms. The molecule has 1 atom stereocenters. The maximum absolute atomic E-state index is 12.9. The molecule has 0 fully saturated rings. The maximum atomic E-state index is 12.9. The maximum Gasteiger partial charge on any atom is 0.291 e. The zero-order valence-corrected chi connectivity index (χ0v) is 22.7. The molecule has 0 aliphatic heterocycles. The first-order valence-electron chi connectivity index (χ1n) is 11.8. The first-order chi connectivity index (χ1) is 16.9. The van der Waals surface area contributed by atoms with Crippen LogP contribution in [0.2, 0.25) is 5.28 Å². The minimum atomic E-state index is -0.550. The number of methoxy groups -OCH3 is 2. The highest BCUT2D eigenvalue weighted by molar-refractivity contribution is 6.28. The zero-order valence-electron chi connectivity index (χ0n) is 21.9. The molecule has 0 bridgehead atoms. The van der Waals surface area contributed by atoms with Crippen LogP contribution < -0.4 is 19.5 Å². The van der Waals surface area contributed by atoms with Crippen LogP contribution in [0.1, 0.15) is 68.3 Å². The van der Waals surface area contributed by atoms with Crippen molar-refractivity contribution in [3.05, 3.63) is 52.0 Å². The Hall–Kier alpha value is -3.26. The predicted octanol–water partition coefficient (Wildman–Crippen LogP) is 6.69. The van der Waals surface area contributed by atoms with Crippen molar-refractivity contribution < 1.29 is 23.4 Å². The Balaban J connectivity index is 1.60. The molecule has 1 N–H and O–H groups in total. The number of benzene rings is 1. The van der Waals surface area contributed by atoms with Gasteiger partial charge in [0, 0.05) is 6.07 Å². The molecule has 1 aliphatic rings. The molecule has 192 valence electrons. The Morgan fingerprint density at radius 3 is 2.33 bits per heavy atom. The van der Waals surface area contributed by atoms with Crippen LogP contribution in [-0.4, -0.2) is 30.1 Å². The van der Waals surface area contributed by atoms with Gasteiger partial charge in [0.25, 0.3) is 11.9 Å². The molecule has 0 saturated heterocycles. The van der Waals surface area contributed by atoms with E-state index in [0.29, 0.717) is 11.7 Å². The van der Waals surface area contributed by atoms with Gasteiger partial charge in [0.1, 0.15) is 5.75 Å². The van der Waals surface area contributed by atoms with E-state index in [2.05, 4.69) is 62.0 Å². The molecule has 1 aromatic carbocycles. The number of ether oxygens (including phenoxy) is 3. The molecule has 1 amide bonds. The van der Waals surface area contributed by atoms with Crippen LogP contribution in [0.4, 0.5) is 5.69 Å². The van der Waals surface area contributed by atoms with Crippen molar-refractivity contribution in [2.45, 2.75) is 58.8 Å². The number of aryl methyl sites for hydroxylation is 1. The van der Waals surface area contributed by atoms with Crippen molar-refractivity contribution in [1.82, 2.24) is 9.97 Å². The molecule has 1 unspecified atom stereocenters. The van der Waals surface area contributed by atoms with E-state index in [1.165, 1.54) is 31.4 Å². The van der Waals surface area contributed by atoms with Crippen molar-refractivity contribution in [1.29, 1.82) is 0 Å². The summed E-state index contributed by atoms with van der Waals surface area (Å²) in [6, 6.07) is 7.47. The van der Waals surface area contributed by atoms with Gasteiger partial charge in [-0.2, -0.15) is 9.97 Å². The smallest absolute Gasteiger partial charge is 0.291 e. The van der Waals surface area contributed by atoms with Crippen molar-refractivity contribution in [3.8, 4) is 23.5 Å². The number of nitrogens with zero attached hydrogens (tertiary/aromatic N) is 2. The highest BCUT2D eigenvalue weighted by Crippen LogP contribution is 2.50. The number of rotatable bonds is 6. The van der Waals surface area contributed by atoms with E-state index in [0.717, 1.165) is 12.0 Å². The number of furan rings is 1. The minimum absolute atomic E-state index is 0.0169. The zero-order chi connectivity index (χ0) is 26.4. The summed E-state index contributed by atoms with van der Waals surface area (Å²) in [6.45, 7) is 13.5. The first-order valence-corrected chi connectivity index (χ1v) is 12.1. The Bertz CT molecular complexity index is 1290. The lowest BCUT2D eigenvalue weighted by Crippen LogP contribution is -2.40. The van der Waals surface area contributed by atoms with E-state index in [-0.39, 0.29) is 45.3 Å². The summed E-state index contributed by atoms with van der Waals surface area (Å²) in [4.78, 5) is 20.8.